The van der Waals surface area contributed by atoms with E-state index in [4.69, 9.17) is 14.2 Å². The topological polar surface area (TPSA) is 78.9 Å². The summed E-state index contributed by atoms with van der Waals surface area (Å²) in [6, 6.07) is 0. The zero-order valence-electron chi connectivity index (χ0n) is 42.9. The molecule has 0 aliphatic rings. The van der Waals surface area contributed by atoms with Gasteiger partial charge in [-0.2, -0.15) is 0 Å². The fraction of sp³-hybridized carbons (Fsp3) is 0.683. The van der Waals surface area contributed by atoms with Crippen LogP contribution >= 0.6 is 0 Å². The van der Waals surface area contributed by atoms with E-state index in [1.807, 2.05) is 0 Å². The van der Waals surface area contributed by atoms with Crippen LogP contribution in [-0.2, 0) is 28.6 Å². The predicted octanol–water partition coefficient (Wildman–Crippen LogP) is 18.1. The van der Waals surface area contributed by atoms with Crippen LogP contribution in [0, 0.1) is 0 Å². The van der Waals surface area contributed by atoms with Crippen LogP contribution in [-0.4, -0.2) is 37.2 Å². The van der Waals surface area contributed by atoms with Crippen LogP contribution in [0.5, 0.6) is 0 Å². The van der Waals surface area contributed by atoms with Crippen molar-refractivity contribution >= 4 is 17.9 Å². The lowest BCUT2D eigenvalue weighted by molar-refractivity contribution is -0.167. The van der Waals surface area contributed by atoms with E-state index in [2.05, 4.69) is 118 Å². The average molecular weight is 917 g/mol. The number of ether oxygens (including phenoxy) is 3. The van der Waals surface area contributed by atoms with Gasteiger partial charge in [0.05, 0.1) is 0 Å². The number of rotatable bonds is 48. The minimum Gasteiger partial charge on any atom is -0.462 e. The van der Waals surface area contributed by atoms with Crippen LogP contribution in [0.25, 0.3) is 0 Å². The molecule has 6 nitrogen and oxygen atoms in total. The van der Waals surface area contributed by atoms with Crippen molar-refractivity contribution in [2.75, 3.05) is 13.2 Å². The molecule has 6 heteroatoms. The molecule has 66 heavy (non-hydrogen) atoms. The van der Waals surface area contributed by atoms with Crippen LogP contribution in [0.4, 0.5) is 0 Å². The normalized spacial score (nSPS) is 12.8. The third-order valence-corrected chi connectivity index (χ3v) is 11.4. The number of esters is 3. The van der Waals surface area contributed by atoms with Gasteiger partial charge in [-0.3, -0.25) is 14.4 Å². The minimum absolute atomic E-state index is 0.106. The van der Waals surface area contributed by atoms with Gasteiger partial charge in [-0.05, 0) is 109 Å². The van der Waals surface area contributed by atoms with E-state index in [1.54, 1.807) is 0 Å². The van der Waals surface area contributed by atoms with Gasteiger partial charge in [-0.15, -0.1) is 0 Å². The zero-order chi connectivity index (χ0) is 47.9. The minimum atomic E-state index is -0.810. The Morgan fingerprint density at radius 2 is 0.652 bits per heavy atom. The Balaban J connectivity index is 4.51. The molecule has 0 saturated carbocycles. The summed E-state index contributed by atoms with van der Waals surface area (Å²) in [4.78, 5) is 38.1. The summed E-state index contributed by atoms with van der Waals surface area (Å²) in [5, 5.41) is 0. The number of allylic oxidation sites excluding steroid dienone is 16. The number of unbranched alkanes of at least 4 members (excludes halogenated alkanes) is 23. The quantitative estimate of drug-likeness (QED) is 0.0199. The van der Waals surface area contributed by atoms with Crippen molar-refractivity contribution in [2.24, 2.45) is 0 Å². The molecule has 0 aromatic carbocycles. The van der Waals surface area contributed by atoms with E-state index < -0.39 is 6.10 Å². The van der Waals surface area contributed by atoms with E-state index >= 15 is 0 Å². The highest BCUT2D eigenvalue weighted by Gasteiger charge is 2.19. The molecule has 1 unspecified atom stereocenters. The highest BCUT2D eigenvalue weighted by molar-refractivity contribution is 5.71. The summed E-state index contributed by atoms with van der Waals surface area (Å²) in [5.41, 5.74) is 0. The maximum absolute atomic E-state index is 12.8. The van der Waals surface area contributed by atoms with Crippen molar-refractivity contribution in [1.29, 1.82) is 0 Å². The number of carbonyl (C=O) groups is 3. The molecule has 0 fully saturated rings. The standard InChI is InChI=1S/C60H100O6/c1-4-7-10-13-16-19-22-25-28-30-31-33-35-38-41-44-47-50-53-59(62)65-56-57(55-64-58(61)52-49-46-43-40-37-34-27-24-21-18-15-12-9-6-3)66-60(63)54-51-48-45-42-39-36-32-29-26-23-20-17-14-11-8-5-2/h8,11,17,20,22,25-26,28-31,33-34,36-37,39,57H,4-7,9-10,12-16,18-19,21,23-24,27,32,35,38,40-56H2,1-3H3/b11-8-,20-17-,25-22-,29-26-,30-28-,33-31-,37-34-,39-36-. The van der Waals surface area contributed by atoms with Crippen molar-refractivity contribution in [3.05, 3.63) is 97.2 Å². The molecule has 0 saturated heterocycles. The first-order valence-electron chi connectivity index (χ1n) is 27.3. The van der Waals surface area contributed by atoms with Gasteiger partial charge < -0.3 is 14.2 Å². The summed E-state index contributed by atoms with van der Waals surface area (Å²) in [5.74, 6) is -0.972. The second-order valence-corrected chi connectivity index (χ2v) is 17.8. The fourth-order valence-corrected chi connectivity index (χ4v) is 7.25. The number of hydrogen-bond donors (Lipinski definition) is 0. The molecular weight excluding hydrogens is 817 g/mol. The van der Waals surface area contributed by atoms with Gasteiger partial charge in [0.1, 0.15) is 13.2 Å². The lowest BCUT2D eigenvalue weighted by atomic mass is 10.1. The summed E-state index contributed by atoms with van der Waals surface area (Å²) < 4.78 is 16.8. The predicted molar refractivity (Wildman–Crippen MR) is 284 cm³/mol. The summed E-state index contributed by atoms with van der Waals surface area (Å²) in [6.45, 7) is 6.44. The molecular formula is C60H100O6. The SMILES string of the molecule is CC/C=C\C/C=C\C/C=C\C/C=C\CCCCCC(=O)OC(COC(=O)CCCCC/C=C\CCCCCCCCC)COC(=O)CCCCCCC\C=C/C=C\C=C/CCCCCCC. The van der Waals surface area contributed by atoms with Gasteiger partial charge in [0.2, 0.25) is 0 Å². The lowest BCUT2D eigenvalue weighted by Gasteiger charge is -2.18. The average Bonchev–Trinajstić information content (AvgIpc) is 3.31. The van der Waals surface area contributed by atoms with Crippen LogP contribution in [0.15, 0.2) is 97.2 Å². The van der Waals surface area contributed by atoms with Crippen molar-refractivity contribution in [1.82, 2.24) is 0 Å². The summed E-state index contributed by atoms with van der Waals surface area (Å²) >= 11 is 0. The van der Waals surface area contributed by atoms with Crippen molar-refractivity contribution in [3.63, 3.8) is 0 Å². The van der Waals surface area contributed by atoms with Crippen molar-refractivity contribution in [2.45, 2.75) is 252 Å². The van der Waals surface area contributed by atoms with Crippen LogP contribution in [0.1, 0.15) is 245 Å². The molecule has 376 valence electrons. The third kappa shape index (κ3) is 51.3. The monoisotopic (exact) mass is 917 g/mol. The van der Waals surface area contributed by atoms with Gasteiger partial charge in [-0.25, -0.2) is 0 Å². The Hall–Kier alpha value is -3.67. The summed E-state index contributed by atoms with van der Waals surface area (Å²) in [7, 11) is 0. The summed E-state index contributed by atoms with van der Waals surface area (Å²) in [6.07, 6.45) is 71.0. The molecule has 0 spiro atoms. The number of hydrogen-bond acceptors (Lipinski definition) is 6. The van der Waals surface area contributed by atoms with Gasteiger partial charge in [0.25, 0.3) is 0 Å². The first-order valence-corrected chi connectivity index (χ1v) is 27.3. The largest absolute Gasteiger partial charge is 0.462 e. The Kier molecular flexibility index (Phi) is 50.9. The van der Waals surface area contributed by atoms with Gasteiger partial charge >= 0.3 is 17.9 Å². The molecule has 0 aliphatic heterocycles. The molecule has 0 aromatic rings. The van der Waals surface area contributed by atoms with E-state index in [0.29, 0.717) is 12.8 Å². The molecule has 0 amide bonds. The lowest BCUT2D eigenvalue weighted by Crippen LogP contribution is -2.30. The maximum atomic E-state index is 12.8. The molecule has 0 rings (SSSR count). The van der Waals surface area contributed by atoms with Gasteiger partial charge in [0, 0.05) is 19.3 Å². The smallest absolute Gasteiger partial charge is 0.306 e. The maximum Gasteiger partial charge on any atom is 0.306 e. The first-order chi connectivity index (χ1) is 32.5. The van der Waals surface area contributed by atoms with Crippen molar-refractivity contribution < 1.29 is 28.6 Å². The van der Waals surface area contributed by atoms with Crippen LogP contribution in [0.3, 0.4) is 0 Å². The Bertz CT molecular complexity index is 1330. The third-order valence-electron chi connectivity index (χ3n) is 11.4. The molecule has 0 aliphatic carbocycles. The molecule has 0 bridgehead atoms. The molecule has 1 atom stereocenters. The van der Waals surface area contributed by atoms with Crippen LogP contribution < -0.4 is 0 Å². The second kappa shape index (κ2) is 53.9. The number of carbonyl (C=O) groups excluding carboxylic acids is 3. The van der Waals surface area contributed by atoms with E-state index in [-0.39, 0.29) is 37.5 Å². The van der Waals surface area contributed by atoms with Crippen molar-refractivity contribution in [3.8, 4) is 0 Å². The molecule has 0 aromatic heterocycles. The second-order valence-electron chi connectivity index (χ2n) is 17.8. The van der Waals surface area contributed by atoms with Crippen LogP contribution in [0.2, 0.25) is 0 Å². The highest BCUT2D eigenvalue weighted by Crippen LogP contribution is 2.13. The highest BCUT2D eigenvalue weighted by atomic mass is 16.6. The Morgan fingerprint density at radius 3 is 1.08 bits per heavy atom. The zero-order valence-corrected chi connectivity index (χ0v) is 42.9. The fourth-order valence-electron chi connectivity index (χ4n) is 7.25. The van der Waals surface area contributed by atoms with Gasteiger partial charge in [0.15, 0.2) is 6.10 Å². The Morgan fingerprint density at radius 1 is 0.333 bits per heavy atom. The van der Waals surface area contributed by atoms with E-state index in [1.165, 1.54) is 77.0 Å². The first kappa shape index (κ1) is 62.3. The molecule has 0 N–H and O–H groups in total. The van der Waals surface area contributed by atoms with Gasteiger partial charge in [-0.1, -0.05) is 214 Å². The molecule has 0 heterocycles. The van der Waals surface area contributed by atoms with E-state index in [0.717, 1.165) is 128 Å². The van der Waals surface area contributed by atoms with E-state index in [9.17, 15) is 14.4 Å². The molecule has 0 radical (unpaired) electrons. The Labute approximate surface area is 407 Å².